The van der Waals surface area contributed by atoms with Gasteiger partial charge in [-0.3, -0.25) is 9.89 Å². The molecular formula is C21H19N7O. The first-order valence-electron chi connectivity index (χ1n) is 8.99. The third-order valence-corrected chi connectivity index (χ3v) is 4.30. The van der Waals surface area contributed by atoms with Gasteiger partial charge in [-0.2, -0.15) is 5.10 Å². The van der Waals surface area contributed by atoms with Crippen LogP contribution in [0.5, 0.6) is 0 Å². The van der Waals surface area contributed by atoms with Crippen LogP contribution in [0.2, 0.25) is 0 Å². The van der Waals surface area contributed by atoms with E-state index in [1.807, 2.05) is 42.5 Å². The second kappa shape index (κ2) is 8.22. The van der Waals surface area contributed by atoms with Crippen LogP contribution in [-0.2, 0) is 6.54 Å². The number of fused-ring (bicyclic) bond motifs is 1. The number of nitrogens with two attached hydrogens (primary N) is 1. The summed E-state index contributed by atoms with van der Waals surface area (Å²) in [6.45, 7) is 0.410. The Balaban J connectivity index is 1.39. The van der Waals surface area contributed by atoms with Gasteiger partial charge < -0.3 is 16.4 Å². The summed E-state index contributed by atoms with van der Waals surface area (Å²) in [7, 11) is 0. The molecule has 0 atom stereocenters. The summed E-state index contributed by atoms with van der Waals surface area (Å²) in [6, 6.07) is 18.6. The van der Waals surface area contributed by atoms with E-state index >= 15 is 0 Å². The van der Waals surface area contributed by atoms with E-state index in [9.17, 15) is 4.79 Å². The molecule has 0 saturated heterocycles. The van der Waals surface area contributed by atoms with E-state index in [2.05, 4.69) is 30.8 Å². The smallest absolute Gasteiger partial charge is 0.255 e. The number of hydrogen-bond acceptors (Lipinski definition) is 4. The molecule has 0 unspecified atom stereocenters. The molecule has 0 bridgehead atoms. The number of nitrogens with one attached hydrogen (secondary N) is 3. The van der Waals surface area contributed by atoms with Crippen LogP contribution >= 0.6 is 0 Å². The summed E-state index contributed by atoms with van der Waals surface area (Å²) in [4.78, 5) is 21.0. The molecule has 2 heterocycles. The van der Waals surface area contributed by atoms with E-state index in [0.29, 0.717) is 29.4 Å². The maximum atomic E-state index is 12.5. The largest absolute Gasteiger partial charge is 0.370 e. The van der Waals surface area contributed by atoms with Crippen molar-refractivity contribution in [1.82, 2.24) is 15.2 Å². The molecule has 0 saturated carbocycles. The van der Waals surface area contributed by atoms with E-state index in [4.69, 9.17) is 5.73 Å². The monoisotopic (exact) mass is 385 g/mol. The number of rotatable bonds is 5. The van der Waals surface area contributed by atoms with Crippen LogP contribution in [0.4, 0.5) is 11.4 Å². The van der Waals surface area contributed by atoms with E-state index in [1.54, 1.807) is 30.6 Å². The molecule has 0 fully saturated rings. The lowest BCUT2D eigenvalue weighted by Gasteiger charge is -2.07. The van der Waals surface area contributed by atoms with Gasteiger partial charge in [0.15, 0.2) is 11.6 Å². The van der Waals surface area contributed by atoms with Crippen molar-refractivity contribution in [3.63, 3.8) is 0 Å². The minimum atomic E-state index is -0.209. The van der Waals surface area contributed by atoms with Crippen molar-refractivity contribution in [2.24, 2.45) is 10.7 Å². The lowest BCUT2D eigenvalue weighted by Crippen LogP contribution is -2.22. The van der Waals surface area contributed by atoms with Gasteiger partial charge in [0.25, 0.3) is 5.91 Å². The summed E-state index contributed by atoms with van der Waals surface area (Å²) < 4.78 is 0. The molecule has 4 rings (SSSR count). The first kappa shape index (κ1) is 18.2. The number of aliphatic imine (C=N–C) groups is 1. The molecule has 2 aromatic heterocycles. The zero-order chi connectivity index (χ0) is 20.1. The van der Waals surface area contributed by atoms with Crippen LogP contribution in [0.15, 0.2) is 78.0 Å². The summed E-state index contributed by atoms with van der Waals surface area (Å²) >= 11 is 0. The molecule has 5 N–H and O–H groups in total. The van der Waals surface area contributed by atoms with Crippen LogP contribution in [0.25, 0.3) is 11.0 Å². The number of nitrogens with zero attached hydrogens (tertiary/aromatic N) is 3. The summed E-state index contributed by atoms with van der Waals surface area (Å²) in [5, 5.41) is 13.4. The van der Waals surface area contributed by atoms with Crippen LogP contribution in [0, 0.1) is 0 Å². The van der Waals surface area contributed by atoms with E-state index in [1.165, 1.54) is 0 Å². The normalized spacial score (nSPS) is 11.4. The molecular weight excluding hydrogens is 366 g/mol. The average Bonchev–Trinajstić information content (AvgIpc) is 3.23. The SMILES string of the molecule is NC(=NCc1ccc(C(=O)Nc2ccnc3[nH]ncc23)cc1)Nc1ccccc1. The van der Waals surface area contributed by atoms with Gasteiger partial charge in [0, 0.05) is 17.4 Å². The number of aromatic amines is 1. The topological polar surface area (TPSA) is 121 Å². The maximum Gasteiger partial charge on any atom is 0.255 e. The number of guanidine groups is 1. The first-order valence-corrected chi connectivity index (χ1v) is 8.99. The summed E-state index contributed by atoms with van der Waals surface area (Å²) in [5.41, 5.74) is 9.56. The van der Waals surface area contributed by atoms with Crippen molar-refractivity contribution in [3.05, 3.63) is 84.2 Å². The van der Waals surface area contributed by atoms with Gasteiger partial charge in [-0.05, 0) is 35.9 Å². The zero-order valence-corrected chi connectivity index (χ0v) is 15.5. The number of benzene rings is 2. The fourth-order valence-corrected chi connectivity index (χ4v) is 2.80. The van der Waals surface area contributed by atoms with Gasteiger partial charge in [0.1, 0.15) is 0 Å². The second-order valence-electron chi connectivity index (χ2n) is 6.33. The average molecular weight is 385 g/mol. The van der Waals surface area contributed by atoms with Crippen LogP contribution < -0.4 is 16.4 Å². The minimum Gasteiger partial charge on any atom is -0.370 e. The molecule has 0 spiro atoms. The number of aromatic nitrogens is 3. The van der Waals surface area contributed by atoms with Gasteiger partial charge in [-0.25, -0.2) is 9.98 Å². The number of hydrogen-bond donors (Lipinski definition) is 4. The lowest BCUT2D eigenvalue weighted by atomic mass is 10.1. The molecule has 0 aliphatic rings. The molecule has 8 heteroatoms. The van der Waals surface area contributed by atoms with Gasteiger partial charge in [0.05, 0.1) is 23.8 Å². The van der Waals surface area contributed by atoms with Crippen LogP contribution in [0.1, 0.15) is 15.9 Å². The Kier molecular flexibility index (Phi) is 5.15. The zero-order valence-electron chi connectivity index (χ0n) is 15.5. The molecule has 0 aliphatic carbocycles. The third kappa shape index (κ3) is 4.38. The number of amides is 1. The van der Waals surface area contributed by atoms with Gasteiger partial charge in [-0.15, -0.1) is 0 Å². The first-order chi connectivity index (χ1) is 14.2. The van der Waals surface area contributed by atoms with Gasteiger partial charge in [-0.1, -0.05) is 30.3 Å². The standard InChI is InChI=1S/C21H19N7O/c22-21(26-16-4-2-1-3-5-16)24-12-14-6-8-15(9-7-14)20(29)27-18-10-11-23-19-17(18)13-25-28-19/h1-11,13H,12H2,(H3,22,24,26)(H2,23,25,27,28,29). The summed E-state index contributed by atoms with van der Waals surface area (Å²) in [6.07, 6.45) is 3.25. The quantitative estimate of drug-likeness (QED) is 0.311. The van der Waals surface area contributed by atoms with Crippen LogP contribution in [-0.4, -0.2) is 27.0 Å². The Morgan fingerprint density at radius 2 is 1.83 bits per heavy atom. The van der Waals surface area contributed by atoms with Crippen molar-refractivity contribution in [3.8, 4) is 0 Å². The van der Waals surface area contributed by atoms with Crippen molar-refractivity contribution >= 4 is 34.3 Å². The number of H-pyrrole nitrogens is 1. The van der Waals surface area contributed by atoms with Crippen molar-refractivity contribution in [1.29, 1.82) is 0 Å². The lowest BCUT2D eigenvalue weighted by molar-refractivity contribution is 0.102. The number of carbonyl (C=O) groups is 1. The van der Waals surface area contributed by atoms with Crippen molar-refractivity contribution in [2.45, 2.75) is 6.54 Å². The number of carbonyl (C=O) groups excluding carboxylic acids is 1. The molecule has 2 aromatic carbocycles. The van der Waals surface area contributed by atoms with Gasteiger partial charge in [0.2, 0.25) is 0 Å². The number of pyridine rings is 1. The molecule has 4 aromatic rings. The number of para-hydroxylation sites is 1. The second-order valence-corrected chi connectivity index (χ2v) is 6.33. The highest BCUT2D eigenvalue weighted by molar-refractivity contribution is 6.08. The molecule has 8 nitrogen and oxygen atoms in total. The fourth-order valence-electron chi connectivity index (χ4n) is 2.80. The molecule has 144 valence electrons. The van der Waals surface area contributed by atoms with Crippen molar-refractivity contribution in [2.75, 3.05) is 10.6 Å². The maximum absolute atomic E-state index is 12.5. The predicted octanol–water partition coefficient (Wildman–Crippen LogP) is 3.14. The van der Waals surface area contributed by atoms with E-state index < -0.39 is 0 Å². The van der Waals surface area contributed by atoms with E-state index in [0.717, 1.165) is 16.6 Å². The highest BCUT2D eigenvalue weighted by Crippen LogP contribution is 2.20. The Morgan fingerprint density at radius 3 is 2.62 bits per heavy atom. The highest BCUT2D eigenvalue weighted by Gasteiger charge is 2.10. The fraction of sp³-hybridized carbons (Fsp3) is 0.0476. The third-order valence-electron chi connectivity index (χ3n) is 4.30. The Morgan fingerprint density at radius 1 is 1.03 bits per heavy atom. The molecule has 0 radical (unpaired) electrons. The van der Waals surface area contributed by atoms with E-state index in [-0.39, 0.29) is 5.91 Å². The molecule has 1 amide bonds. The predicted molar refractivity (Wildman–Crippen MR) is 114 cm³/mol. The van der Waals surface area contributed by atoms with Crippen LogP contribution in [0.3, 0.4) is 0 Å². The Bertz CT molecular complexity index is 1150. The number of anilines is 2. The highest BCUT2D eigenvalue weighted by atomic mass is 16.1. The van der Waals surface area contributed by atoms with Gasteiger partial charge >= 0.3 is 0 Å². The molecule has 0 aliphatic heterocycles. The Hall–Kier alpha value is -4.20. The summed E-state index contributed by atoms with van der Waals surface area (Å²) in [5.74, 6) is 0.124. The minimum absolute atomic E-state index is 0.209. The molecule has 29 heavy (non-hydrogen) atoms. The Labute approximate surface area is 166 Å². The van der Waals surface area contributed by atoms with Crippen molar-refractivity contribution < 1.29 is 4.79 Å².